The number of aryl methyl sites for hydroxylation is 2. The first-order chi connectivity index (χ1) is 13.8. The number of aromatic nitrogens is 1. The van der Waals surface area contributed by atoms with E-state index in [1.165, 1.54) is 21.2 Å². The number of amides is 1. The Morgan fingerprint density at radius 1 is 1.21 bits per heavy atom. The van der Waals surface area contributed by atoms with E-state index in [1.807, 2.05) is 17.5 Å². The molecule has 29 heavy (non-hydrogen) atoms. The maximum atomic E-state index is 13.0. The Hall–Kier alpha value is -1.77. The van der Waals surface area contributed by atoms with Crippen LogP contribution in [0.5, 0.6) is 0 Å². The molecule has 1 aliphatic heterocycles. The van der Waals surface area contributed by atoms with E-state index in [0.29, 0.717) is 41.9 Å². The molecular weight excluding hydrogens is 406 g/mol. The number of carbonyl (C=O) groups excluding carboxylic acids is 1. The van der Waals surface area contributed by atoms with Crippen molar-refractivity contribution in [3.05, 3.63) is 40.4 Å². The molecule has 2 aliphatic rings. The number of benzene rings is 1. The van der Waals surface area contributed by atoms with Crippen LogP contribution in [0.4, 0.5) is 5.13 Å². The van der Waals surface area contributed by atoms with E-state index in [-0.39, 0.29) is 11.8 Å². The number of sulfonamides is 1. The predicted molar refractivity (Wildman–Crippen MR) is 115 cm³/mol. The highest BCUT2D eigenvalue weighted by Crippen LogP contribution is 2.29. The van der Waals surface area contributed by atoms with Crippen LogP contribution < -0.4 is 5.32 Å². The molecule has 1 aromatic heterocycles. The lowest BCUT2D eigenvalue weighted by Gasteiger charge is -2.30. The lowest BCUT2D eigenvalue weighted by molar-refractivity contribution is -0.120. The highest BCUT2D eigenvalue weighted by molar-refractivity contribution is 7.89. The molecular formula is C21H27N3O3S2. The van der Waals surface area contributed by atoms with Crippen molar-refractivity contribution in [3.63, 3.8) is 0 Å². The largest absolute Gasteiger partial charge is 0.302 e. The quantitative estimate of drug-likeness (QED) is 0.778. The van der Waals surface area contributed by atoms with Gasteiger partial charge in [-0.1, -0.05) is 19.9 Å². The average molecular weight is 434 g/mol. The summed E-state index contributed by atoms with van der Waals surface area (Å²) in [5, 5.41) is 5.48. The molecule has 0 bridgehead atoms. The topological polar surface area (TPSA) is 79.4 Å². The Kier molecular flexibility index (Phi) is 5.77. The number of carbonyl (C=O) groups is 1. The van der Waals surface area contributed by atoms with Crippen LogP contribution in [0.1, 0.15) is 55.8 Å². The van der Waals surface area contributed by atoms with Gasteiger partial charge in [0.05, 0.1) is 10.6 Å². The molecule has 1 amide bonds. The average Bonchev–Trinajstić information content (AvgIpc) is 3.36. The third-order valence-corrected chi connectivity index (χ3v) is 8.55. The first-order valence-corrected chi connectivity index (χ1v) is 12.5. The third-order valence-electron chi connectivity index (χ3n) is 5.88. The van der Waals surface area contributed by atoms with Gasteiger partial charge < -0.3 is 5.32 Å². The van der Waals surface area contributed by atoms with E-state index in [9.17, 15) is 13.2 Å². The molecule has 1 fully saturated rings. The molecule has 1 aliphatic carbocycles. The van der Waals surface area contributed by atoms with Gasteiger partial charge in [-0.15, -0.1) is 11.3 Å². The summed E-state index contributed by atoms with van der Waals surface area (Å²) in [6.45, 7) is 4.87. The van der Waals surface area contributed by atoms with E-state index in [0.717, 1.165) is 30.5 Å². The molecule has 1 saturated heterocycles. The van der Waals surface area contributed by atoms with Crippen molar-refractivity contribution in [2.75, 3.05) is 18.4 Å². The number of piperidine rings is 1. The molecule has 2 aromatic rings. The molecule has 1 N–H and O–H groups in total. The van der Waals surface area contributed by atoms with Gasteiger partial charge in [0.25, 0.3) is 0 Å². The zero-order valence-electron chi connectivity index (χ0n) is 16.8. The Bertz CT molecular complexity index is 1010. The number of hydrogen-bond acceptors (Lipinski definition) is 5. The van der Waals surface area contributed by atoms with Gasteiger partial charge >= 0.3 is 0 Å². The second-order valence-corrected chi connectivity index (χ2v) is 11.0. The van der Waals surface area contributed by atoms with Crippen LogP contribution in [-0.4, -0.2) is 36.7 Å². The summed E-state index contributed by atoms with van der Waals surface area (Å²) >= 11 is 1.43. The van der Waals surface area contributed by atoms with Gasteiger partial charge in [0.1, 0.15) is 0 Å². The molecule has 0 spiro atoms. The van der Waals surface area contributed by atoms with Crippen LogP contribution in [0.25, 0.3) is 0 Å². The van der Waals surface area contributed by atoms with Crippen molar-refractivity contribution >= 4 is 32.4 Å². The summed E-state index contributed by atoms with van der Waals surface area (Å²) in [5.74, 6) is 0.0710. The normalized spacial score (nSPS) is 18.2. The number of hydrogen-bond donors (Lipinski definition) is 1. The molecule has 0 atom stereocenters. The van der Waals surface area contributed by atoms with Crippen molar-refractivity contribution in [2.45, 2.75) is 56.8 Å². The maximum absolute atomic E-state index is 13.0. The number of fused-ring (bicyclic) bond motifs is 1. The smallest absolute Gasteiger partial charge is 0.243 e. The van der Waals surface area contributed by atoms with Crippen LogP contribution in [0.15, 0.2) is 28.5 Å². The fourth-order valence-corrected chi connectivity index (χ4v) is 6.43. The summed E-state index contributed by atoms with van der Waals surface area (Å²) in [6, 6.07) is 5.52. The first-order valence-electron chi connectivity index (χ1n) is 10.2. The van der Waals surface area contributed by atoms with Crippen molar-refractivity contribution in [1.29, 1.82) is 0 Å². The van der Waals surface area contributed by atoms with Gasteiger partial charge in [-0.05, 0) is 61.3 Å². The zero-order chi connectivity index (χ0) is 20.6. The Morgan fingerprint density at radius 2 is 1.93 bits per heavy atom. The summed E-state index contributed by atoms with van der Waals surface area (Å²) in [7, 11) is -3.51. The molecule has 0 saturated carbocycles. The number of nitrogens with zero attached hydrogens (tertiary/aromatic N) is 2. The first kappa shape index (κ1) is 20.5. The Labute approximate surface area is 176 Å². The standard InChI is InChI=1S/C21H27N3O3S2/c1-14(2)19-13-28-21(22-19)23-20(25)16-8-10-24(11-9-16)29(26,27)18-7-6-15-4-3-5-17(15)12-18/h6-7,12-14,16H,3-5,8-11H2,1-2H3,(H,22,23,25). The van der Waals surface area contributed by atoms with Crippen molar-refractivity contribution in [1.82, 2.24) is 9.29 Å². The summed E-state index contributed by atoms with van der Waals surface area (Å²) < 4.78 is 27.6. The number of rotatable bonds is 5. The third kappa shape index (κ3) is 4.25. The number of thiazole rings is 1. The van der Waals surface area contributed by atoms with E-state index in [1.54, 1.807) is 6.07 Å². The highest BCUT2D eigenvalue weighted by Gasteiger charge is 2.33. The molecule has 0 unspecified atom stereocenters. The second kappa shape index (κ2) is 8.16. The molecule has 6 nitrogen and oxygen atoms in total. The van der Waals surface area contributed by atoms with Crippen molar-refractivity contribution in [3.8, 4) is 0 Å². The SMILES string of the molecule is CC(C)c1csc(NC(=O)C2CCN(S(=O)(=O)c3ccc4c(c3)CCC4)CC2)n1. The number of anilines is 1. The Balaban J connectivity index is 1.37. The lowest BCUT2D eigenvalue weighted by Crippen LogP contribution is -2.41. The predicted octanol–water partition coefficient (Wildman–Crippen LogP) is 3.79. The van der Waals surface area contributed by atoms with Crippen molar-refractivity contribution < 1.29 is 13.2 Å². The van der Waals surface area contributed by atoms with E-state index in [2.05, 4.69) is 24.1 Å². The summed E-state index contributed by atoms with van der Waals surface area (Å²) in [4.78, 5) is 17.4. The van der Waals surface area contributed by atoms with Crippen LogP contribution >= 0.6 is 11.3 Å². The van der Waals surface area contributed by atoms with Crippen LogP contribution in [-0.2, 0) is 27.7 Å². The van der Waals surface area contributed by atoms with Gasteiger partial charge in [0.15, 0.2) is 5.13 Å². The van der Waals surface area contributed by atoms with Gasteiger partial charge in [-0.3, -0.25) is 4.79 Å². The molecule has 4 rings (SSSR count). The fourth-order valence-electron chi connectivity index (χ4n) is 4.03. The Morgan fingerprint density at radius 3 is 2.62 bits per heavy atom. The minimum absolute atomic E-state index is 0.0655. The van der Waals surface area contributed by atoms with Gasteiger partial charge in [-0.2, -0.15) is 4.31 Å². The molecule has 0 radical (unpaired) electrons. The fraction of sp³-hybridized carbons (Fsp3) is 0.524. The molecule has 2 heterocycles. The number of nitrogens with one attached hydrogen (secondary N) is 1. The van der Waals surface area contributed by atoms with Gasteiger partial charge in [0.2, 0.25) is 15.9 Å². The van der Waals surface area contributed by atoms with Crippen LogP contribution in [0, 0.1) is 5.92 Å². The van der Waals surface area contributed by atoms with Gasteiger partial charge in [0, 0.05) is 24.4 Å². The highest BCUT2D eigenvalue weighted by atomic mass is 32.2. The molecule has 1 aromatic carbocycles. The zero-order valence-corrected chi connectivity index (χ0v) is 18.5. The van der Waals surface area contributed by atoms with E-state index >= 15 is 0 Å². The second-order valence-electron chi connectivity index (χ2n) is 8.18. The minimum atomic E-state index is -3.51. The van der Waals surface area contributed by atoms with Gasteiger partial charge in [-0.25, -0.2) is 13.4 Å². The molecule has 156 valence electrons. The van der Waals surface area contributed by atoms with E-state index < -0.39 is 10.0 Å². The van der Waals surface area contributed by atoms with Crippen molar-refractivity contribution in [2.24, 2.45) is 5.92 Å². The monoisotopic (exact) mass is 433 g/mol. The molecule has 8 heteroatoms. The van der Waals surface area contributed by atoms with E-state index in [4.69, 9.17) is 0 Å². The maximum Gasteiger partial charge on any atom is 0.243 e. The minimum Gasteiger partial charge on any atom is -0.302 e. The lowest BCUT2D eigenvalue weighted by atomic mass is 9.97. The summed E-state index contributed by atoms with van der Waals surface area (Å²) in [6.07, 6.45) is 4.14. The summed E-state index contributed by atoms with van der Waals surface area (Å²) in [5.41, 5.74) is 3.40. The van der Waals surface area contributed by atoms with Crippen LogP contribution in [0.2, 0.25) is 0 Å². The van der Waals surface area contributed by atoms with Crippen LogP contribution in [0.3, 0.4) is 0 Å².